The zero-order chi connectivity index (χ0) is 22.1. The Hall–Kier alpha value is -3.44. The van der Waals surface area contributed by atoms with Gasteiger partial charge in [-0.05, 0) is 42.3 Å². The average molecular weight is 455 g/mol. The van der Waals surface area contributed by atoms with Crippen LogP contribution in [0.1, 0.15) is 34.0 Å². The first-order valence-electron chi connectivity index (χ1n) is 10.2. The number of nitrogens with zero attached hydrogens (tertiary/aromatic N) is 3. The zero-order valence-corrected chi connectivity index (χ0v) is 17.9. The minimum atomic E-state index is -3.82. The third kappa shape index (κ3) is 4.04. The van der Waals surface area contributed by atoms with E-state index in [1.165, 1.54) is 12.1 Å². The molecule has 1 amide bonds. The number of nitrogens with one attached hydrogen (secondary N) is 2. The van der Waals surface area contributed by atoms with Crippen molar-refractivity contribution in [2.24, 2.45) is 0 Å². The van der Waals surface area contributed by atoms with Crippen LogP contribution in [0.15, 0.2) is 47.4 Å². The molecule has 166 valence electrons. The van der Waals surface area contributed by atoms with Crippen LogP contribution in [0.25, 0.3) is 0 Å². The molecule has 1 aromatic heterocycles. The maximum absolute atomic E-state index is 12.8. The number of ether oxygens (including phenoxy) is 2. The molecule has 0 spiro atoms. The van der Waals surface area contributed by atoms with Crippen LogP contribution >= 0.6 is 0 Å². The van der Waals surface area contributed by atoms with E-state index >= 15 is 0 Å². The number of fused-ring (bicyclic) bond motifs is 2. The van der Waals surface area contributed by atoms with Gasteiger partial charge < -0.3 is 19.4 Å². The summed E-state index contributed by atoms with van der Waals surface area (Å²) >= 11 is 0. The van der Waals surface area contributed by atoms with Gasteiger partial charge in [-0.25, -0.2) is 13.1 Å². The SMILES string of the molecule is O=C(NCc1nnc2n1CCC2)c1cccc(S(=O)(=O)NCc2ccc3c(c2)OCO3)c1. The Kier molecular flexibility index (Phi) is 5.27. The summed E-state index contributed by atoms with van der Waals surface area (Å²) in [5.41, 5.74) is 0.977. The summed E-state index contributed by atoms with van der Waals surface area (Å²) in [5.74, 6) is 2.45. The highest BCUT2D eigenvalue weighted by Crippen LogP contribution is 2.32. The van der Waals surface area contributed by atoms with Crippen molar-refractivity contribution in [3.8, 4) is 11.5 Å². The molecular weight excluding hydrogens is 434 g/mol. The van der Waals surface area contributed by atoms with Gasteiger partial charge in [-0.1, -0.05) is 12.1 Å². The number of rotatable bonds is 7. The summed E-state index contributed by atoms with van der Waals surface area (Å²) in [6.45, 7) is 1.30. The van der Waals surface area contributed by atoms with Crippen molar-refractivity contribution in [2.45, 2.75) is 37.4 Å². The monoisotopic (exact) mass is 455 g/mol. The number of carbonyl (C=O) groups is 1. The van der Waals surface area contributed by atoms with E-state index in [0.29, 0.717) is 17.3 Å². The lowest BCUT2D eigenvalue weighted by molar-refractivity contribution is 0.0949. The van der Waals surface area contributed by atoms with E-state index in [1.54, 1.807) is 30.3 Å². The number of sulfonamides is 1. The zero-order valence-electron chi connectivity index (χ0n) is 17.1. The third-order valence-electron chi connectivity index (χ3n) is 5.40. The van der Waals surface area contributed by atoms with E-state index in [4.69, 9.17) is 9.47 Å². The van der Waals surface area contributed by atoms with Crippen LogP contribution in [-0.2, 0) is 36.1 Å². The number of benzene rings is 2. The first kappa shape index (κ1) is 20.5. The van der Waals surface area contributed by atoms with Gasteiger partial charge in [0.25, 0.3) is 5.91 Å². The van der Waals surface area contributed by atoms with Crippen molar-refractivity contribution in [3.05, 3.63) is 65.2 Å². The van der Waals surface area contributed by atoms with Gasteiger partial charge in [0, 0.05) is 25.1 Å². The molecule has 3 aromatic rings. The lowest BCUT2D eigenvalue weighted by atomic mass is 10.2. The van der Waals surface area contributed by atoms with E-state index in [1.807, 2.05) is 4.57 Å². The van der Waals surface area contributed by atoms with Gasteiger partial charge in [0.1, 0.15) is 5.82 Å². The summed E-state index contributed by atoms with van der Waals surface area (Å²) in [6.07, 6.45) is 1.91. The van der Waals surface area contributed by atoms with Crippen LogP contribution in [0.2, 0.25) is 0 Å². The van der Waals surface area contributed by atoms with Gasteiger partial charge in [-0.15, -0.1) is 10.2 Å². The molecule has 0 aliphatic carbocycles. The first-order valence-corrected chi connectivity index (χ1v) is 11.7. The van der Waals surface area contributed by atoms with E-state index < -0.39 is 10.0 Å². The summed E-state index contributed by atoms with van der Waals surface area (Å²) < 4.78 is 40.7. The normalized spacial score (nSPS) is 14.4. The molecule has 0 saturated heterocycles. The van der Waals surface area contributed by atoms with Gasteiger partial charge >= 0.3 is 0 Å². The molecule has 0 atom stereocenters. The Morgan fingerprint density at radius 3 is 2.84 bits per heavy atom. The Labute approximate surface area is 184 Å². The van der Waals surface area contributed by atoms with Crippen molar-refractivity contribution in [3.63, 3.8) is 0 Å². The Balaban J connectivity index is 1.24. The topological polar surface area (TPSA) is 124 Å². The molecule has 2 aromatic carbocycles. The molecule has 3 heterocycles. The highest BCUT2D eigenvalue weighted by atomic mass is 32.2. The number of hydrogen-bond donors (Lipinski definition) is 2. The second kappa shape index (κ2) is 8.24. The maximum Gasteiger partial charge on any atom is 0.251 e. The lowest BCUT2D eigenvalue weighted by Gasteiger charge is -2.10. The number of aryl methyl sites for hydroxylation is 1. The van der Waals surface area contributed by atoms with Crippen LogP contribution < -0.4 is 19.5 Å². The predicted octanol–water partition coefficient (Wildman–Crippen LogP) is 1.36. The van der Waals surface area contributed by atoms with Gasteiger partial charge in [0.2, 0.25) is 16.8 Å². The molecule has 2 N–H and O–H groups in total. The smallest absolute Gasteiger partial charge is 0.251 e. The Morgan fingerprint density at radius 1 is 1.06 bits per heavy atom. The molecule has 5 rings (SSSR count). The fourth-order valence-corrected chi connectivity index (χ4v) is 4.78. The molecule has 0 fully saturated rings. The second-order valence-corrected chi connectivity index (χ2v) is 9.28. The third-order valence-corrected chi connectivity index (χ3v) is 6.80. The molecule has 0 radical (unpaired) electrons. The molecular formula is C21H21N5O5S. The van der Waals surface area contributed by atoms with Crippen molar-refractivity contribution in [2.75, 3.05) is 6.79 Å². The average Bonchev–Trinajstić information content (AvgIpc) is 3.53. The minimum Gasteiger partial charge on any atom is -0.454 e. The van der Waals surface area contributed by atoms with Crippen LogP contribution in [0.5, 0.6) is 11.5 Å². The van der Waals surface area contributed by atoms with Gasteiger partial charge in [-0.3, -0.25) is 4.79 Å². The molecule has 32 heavy (non-hydrogen) atoms. The van der Waals surface area contributed by atoms with E-state index in [9.17, 15) is 13.2 Å². The fraction of sp³-hybridized carbons (Fsp3) is 0.286. The highest BCUT2D eigenvalue weighted by Gasteiger charge is 2.20. The van der Waals surface area contributed by atoms with Crippen molar-refractivity contribution >= 4 is 15.9 Å². The quantitative estimate of drug-likeness (QED) is 0.551. The lowest BCUT2D eigenvalue weighted by Crippen LogP contribution is -2.26. The Morgan fingerprint density at radius 2 is 1.94 bits per heavy atom. The summed E-state index contributed by atoms with van der Waals surface area (Å²) in [4.78, 5) is 12.6. The maximum atomic E-state index is 12.8. The van der Waals surface area contributed by atoms with Gasteiger partial charge in [0.05, 0.1) is 11.4 Å². The predicted molar refractivity (Wildman–Crippen MR) is 113 cm³/mol. The standard InChI is InChI=1S/C21H21N5O5S/c27-21(22-12-20-25-24-19-5-2-8-26(19)20)15-3-1-4-16(10-15)32(28,29)23-11-14-6-7-17-18(9-14)31-13-30-17/h1,3-4,6-7,9-10,23H,2,5,8,11-13H2,(H,22,27). The van der Waals surface area contributed by atoms with E-state index in [-0.39, 0.29) is 36.2 Å². The van der Waals surface area contributed by atoms with Crippen LogP contribution in [-0.4, -0.2) is 35.9 Å². The molecule has 0 unspecified atom stereocenters. The van der Waals surface area contributed by atoms with Crippen LogP contribution in [0.4, 0.5) is 0 Å². The summed E-state index contributed by atoms with van der Waals surface area (Å²) in [7, 11) is -3.82. The van der Waals surface area contributed by atoms with Crippen LogP contribution in [0, 0.1) is 0 Å². The summed E-state index contributed by atoms with van der Waals surface area (Å²) in [5, 5.41) is 11.0. The second-order valence-electron chi connectivity index (χ2n) is 7.51. The number of aromatic nitrogens is 3. The number of hydrogen-bond acceptors (Lipinski definition) is 7. The molecule has 2 aliphatic heterocycles. The molecule has 10 nitrogen and oxygen atoms in total. The first-order chi connectivity index (χ1) is 15.5. The van der Waals surface area contributed by atoms with Gasteiger partial charge in [-0.2, -0.15) is 0 Å². The largest absolute Gasteiger partial charge is 0.454 e. The summed E-state index contributed by atoms with van der Waals surface area (Å²) in [6, 6.07) is 11.1. The minimum absolute atomic E-state index is 0.00858. The fourth-order valence-electron chi connectivity index (χ4n) is 3.72. The number of amides is 1. The van der Waals surface area contributed by atoms with E-state index in [2.05, 4.69) is 20.2 Å². The van der Waals surface area contributed by atoms with Crippen molar-refractivity contribution in [1.29, 1.82) is 0 Å². The number of carbonyl (C=O) groups excluding carboxylic acids is 1. The van der Waals surface area contributed by atoms with Crippen molar-refractivity contribution < 1.29 is 22.7 Å². The molecule has 0 saturated carbocycles. The van der Waals surface area contributed by atoms with Gasteiger partial charge in [0.15, 0.2) is 17.3 Å². The van der Waals surface area contributed by atoms with Crippen molar-refractivity contribution in [1.82, 2.24) is 24.8 Å². The molecule has 2 aliphatic rings. The molecule has 11 heteroatoms. The Bertz CT molecular complexity index is 1290. The molecule has 0 bridgehead atoms. The van der Waals surface area contributed by atoms with Crippen LogP contribution in [0.3, 0.4) is 0 Å². The van der Waals surface area contributed by atoms with E-state index in [0.717, 1.165) is 30.8 Å². The highest BCUT2D eigenvalue weighted by molar-refractivity contribution is 7.89.